The van der Waals surface area contributed by atoms with E-state index in [9.17, 15) is 14.0 Å². The first-order valence-electron chi connectivity index (χ1n) is 10.6. The standard InChI is InChI=1S/C24H29FN2O5/c1-24(2,3)32-23(29)27-19-14-16(10-11-18(19)25)26-22(28)15-9-12-20(21(13-15)30-4)31-17-7-5-6-8-17/h9-14,17H,5-8H2,1-4H3,(H,26,28)(H,27,29). The minimum Gasteiger partial charge on any atom is -0.493 e. The van der Waals surface area contributed by atoms with Crippen LogP contribution < -0.4 is 20.1 Å². The van der Waals surface area contributed by atoms with Gasteiger partial charge in [0.25, 0.3) is 5.91 Å². The third-order valence-corrected chi connectivity index (χ3v) is 4.88. The molecule has 1 fully saturated rings. The molecule has 0 saturated heterocycles. The van der Waals surface area contributed by atoms with E-state index in [-0.39, 0.29) is 11.8 Å². The van der Waals surface area contributed by atoms with Gasteiger partial charge in [-0.3, -0.25) is 10.1 Å². The number of nitrogens with one attached hydrogen (secondary N) is 2. The predicted molar refractivity (Wildman–Crippen MR) is 120 cm³/mol. The molecular formula is C24H29FN2O5. The first kappa shape index (κ1) is 23.4. The largest absolute Gasteiger partial charge is 0.493 e. The number of benzene rings is 2. The van der Waals surface area contributed by atoms with Crippen LogP contribution in [0.3, 0.4) is 0 Å². The van der Waals surface area contributed by atoms with Crippen LogP contribution in [-0.4, -0.2) is 30.8 Å². The van der Waals surface area contributed by atoms with Crippen LogP contribution in [0.4, 0.5) is 20.6 Å². The number of anilines is 2. The van der Waals surface area contributed by atoms with Crippen LogP contribution in [0.15, 0.2) is 36.4 Å². The number of halogens is 1. The summed E-state index contributed by atoms with van der Waals surface area (Å²) < 4.78 is 30.7. The third-order valence-electron chi connectivity index (χ3n) is 4.88. The van der Waals surface area contributed by atoms with Crippen molar-refractivity contribution in [3.63, 3.8) is 0 Å². The molecule has 3 rings (SSSR count). The van der Waals surface area contributed by atoms with E-state index in [1.165, 1.54) is 19.2 Å². The molecule has 1 aliphatic carbocycles. The van der Waals surface area contributed by atoms with E-state index in [1.54, 1.807) is 39.0 Å². The van der Waals surface area contributed by atoms with E-state index >= 15 is 0 Å². The smallest absolute Gasteiger partial charge is 0.412 e. The zero-order chi connectivity index (χ0) is 23.3. The van der Waals surface area contributed by atoms with Crippen LogP contribution >= 0.6 is 0 Å². The molecule has 0 unspecified atom stereocenters. The monoisotopic (exact) mass is 444 g/mol. The van der Waals surface area contributed by atoms with Crippen LogP contribution in [0.2, 0.25) is 0 Å². The molecule has 0 radical (unpaired) electrons. The summed E-state index contributed by atoms with van der Waals surface area (Å²) in [4.78, 5) is 24.7. The van der Waals surface area contributed by atoms with Gasteiger partial charge in [-0.15, -0.1) is 0 Å². The quantitative estimate of drug-likeness (QED) is 0.592. The average molecular weight is 445 g/mol. The number of carbonyl (C=O) groups is 2. The van der Waals surface area contributed by atoms with Crippen molar-refractivity contribution in [2.75, 3.05) is 17.7 Å². The Morgan fingerprint density at radius 3 is 2.38 bits per heavy atom. The third kappa shape index (κ3) is 6.35. The fraction of sp³-hybridized carbons (Fsp3) is 0.417. The van der Waals surface area contributed by atoms with Crippen molar-refractivity contribution in [3.8, 4) is 11.5 Å². The van der Waals surface area contributed by atoms with E-state index in [2.05, 4.69) is 10.6 Å². The van der Waals surface area contributed by atoms with Gasteiger partial charge in [0, 0.05) is 11.3 Å². The Kier molecular flexibility index (Phi) is 7.22. The van der Waals surface area contributed by atoms with Crippen molar-refractivity contribution in [1.82, 2.24) is 0 Å². The summed E-state index contributed by atoms with van der Waals surface area (Å²) in [6, 6.07) is 8.84. The van der Waals surface area contributed by atoms with Crippen molar-refractivity contribution in [2.45, 2.75) is 58.2 Å². The number of hydrogen-bond acceptors (Lipinski definition) is 5. The van der Waals surface area contributed by atoms with Gasteiger partial charge >= 0.3 is 6.09 Å². The molecule has 7 nitrogen and oxygen atoms in total. The Bertz CT molecular complexity index is 981. The molecule has 0 spiro atoms. The molecule has 0 bridgehead atoms. The summed E-state index contributed by atoms with van der Waals surface area (Å²) in [6.45, 7) is 5.12. The van der Waals surface area contributed by atoms with Gasteiger partial charge in [0.2, 0.25) is 0 Å². The summed E-state index contributed by atoms with van der Waals surface area (Å²) in [7, 11) is 1.52. The summed E-state index contributed by atoms with van der Waals surface area (Å²) in [5.74, 6) is 0.00648. The maximum Gasteiger partial charge on any atom is 0.412 e. The molecule has 32 heavy (non-hydrogen) atoms. The number of ether oxygens (including phenoxy) is 3. The molecule has 1 aliphatic rings. The molecule has 2 N–H and O–H groups in total. The van der Waals surface area contributed by atoms with Crippen LogP contribution in [0.1, 0.15) is 56.8 Å². The van der Waals surface area contributed by atoms with E-state index in [1.807, 2.05) is 0 Å². The number of hydrogen-bond donors (Lipinski definition) is 2. The highest BCUT2D eigenvalue weighted by Gasteiger charge is 2.20. The van der Waals surface area contributed by atoms with Crippen molar-refractivity contribution >= 4 is 23.4 Å². The molecule has 8 heteroatoms. The minimum atomic E-state index is -0.789. The maximum atomic E-state index is 14.1. The lowest BCUT2D eigenvalue weighted by Gasteiger charge is -2.20. The number of carbonyl (C=O) groups excluding carboxylic acids is 2. The van der Waals surface area contributed by atoms with Gasteiger partial charge in [0.1, 0.15) is 11.4 Å². The minimum absolute atomic E-state index is 0.102. The van der Waals surface area contributed by atoms with E-state index in [0.717, 1.165) is 31.7 Å². The lowest BCUT2D eigenvalue weighted by Crippen LogP contribution is -2.27. The second kappa shape index (κ2) is 9.89. The summed E-state index contributed by atoms with van der Waals surface area (Å²) in [5.41, 5.74) is -0.159. The highest BCUT2D eigenvalue weighted by molar-refractivity contribution is 6.05. The Morgan fingerprint density at radius 1 is 1.00 bits per heavy atom. The van der Waals surface area contributed by atoms with Gasteiger partial charge in [-0.1, -0.05) is 0 Å². The molecule has 172 valence electrons. The molecule has 0 atom stereocenters. The van der Waals surface area contributed by atoms with Gasteiger partial charge < -0.3 is 19.5 Å². The number of methoxy groups -OCH3 is 1. The Morgan fingerprint density at radius 2 is 1.72 bits per heavy atom. The fourth-order valence-corrected chi connectivity index (χ4v) is 3.41. The van der Waals surface area contributed by atoms with Crippen LogP contribution in [0, 0.1) is 5.82 Å². The second-order valence-electron chi connectivity index (χ2n) is 8.67. The van der Waals surface area contributed by atoms with Crippen molar-refractivity contribution in [1.29, 1.82) is 0 Å². The molecule has 1 saturated carbocycles. The Hall–Kier alpha value is -3.29. The first-order chi connectivity index (χ1) is 15.1. The maximum absolute atomic E-state index is 14.1. The van der Waals surface area contributed by atoms with Crippen LogP contribution in [0.5, 0.6) is 11.5 Å². The predicted octanol–water partition coefficient (Wildman–Crippen LogP) is 5.76. The molecular weight excluding hydrogens is 415 g/mol. The Balaban J connectivity index is 1.70. The van der Waals surface area contributed by atoms with Gasteiger partial charge in [0.15, 0.2) is 11.5 Å². The average Bonchev–Trinajstić information content (AvgIpc) is 3.22. The zero-order valence-corrected chi connectivity index (χ0v) is 18.8. The number of amides is 2. The highest BCUT2D eigenvalue weighted by atomic mass is 19.1. The molecule has 0 aromatic heterocycles. The molecule has 2 amide bonds. The topological polar surface area (TPSA) is 85.9 Å². The highest BCUT2D eigenvalue weighted by Crippen LogP contribution is 2.32. The van der Waals surface area contributed by atoms with Gasteiger partial charge in [-0.2, -0.15) is 0 Å². The molecule has 2 aromatic rings. The van der Waals surface area contributed by atoms with Crippen molar-refractivity contribution < 1.29 is 28.2 Å². The summed E-state index contributed by atoms with van der Waals surface area (Å²) in [6.07, 6.45) is 3.69. The fourth-order valence-electron chi connectivity index (χ4n) is 3.41. The summed E-state index contributed by atoms with van der Waals surface area (Å²) in [5, 5.41) is 5.05. The van der Waals surface area contributed by atoms with Crippen molar-refractivity contribution in [2.24, 2.45) is 0 Å². The lowest BCUT2D eigenvalue weighted by atomic mass is 10.1. The van der Waals surface area contributed by atoms with Gasteiger partial charge in [-0.05, 0) is 82.9 Å². The van der Waals surface area contributed by atoms with E-state index in [0.29, 0.717) is 22.7 Å². The first-order valence-corrected chi connectivity index (χ1v) is 10.6. The molecule has 0 aliphatic heterocycles. The molecule has 2 aromatic carbocycles. The van der Waals surface area contributed by atoms with E-state index < -0.39 is 23.4 Å². The van der Waals surface area contributed by atoms with Gasteiger partial charge in [0.05, 0.1) is 18.9 Å². The number of rotatable bonds is 6. The SMILES string of the molecule is COc1cc(C(=O)Nc2ccc(F)c(NC(=O)OC(C)(C)C)c2)ccc1OC1CCCC1. The second-order valence-corrected chi connectivity index (χ2v) is 8.67. The molecule has 0 heterocycles. The lowest BCUT2D eigenvalue weighted by molar-refractivity contribution is 0.0635. The summed E-state index contributed by atoms with van der Waals surface area (Å²) >= 11 is 0. The zero-order valence-electron chi connectivity index (χ0n) is 18.8. The normalized spacial score (nSPS) is 14.0. The Labute approximate surface area is 187 Å². The van der Waals surface area contributed by atoms with E-state index in [4.69, 9.17) is 14.2 Å². The van der Waals surface area contributed by atoms with Crippen LogP contribution in [-0.2, 0) is 4.74 Å². The van der Waals surface area contributed by atoms with Crippen LogP contribution in [0.25, 0.3) is 0 Å². The van der Waals surface area contributed by atoms with Crippen molar-refractivity contribution in [3.05, 3.63) is 47.8 Å². The van der Waals surface area contributed by atoms with Gasteiger partial charge in [-0.25, -0.2) is 9.18 Å².